The van der Waals surface area contributed by atoms with Crippen LogP contribution in [0, 0.1) is 12.7 Å². The molecule has 0 bridgehead atoms. The average molecular weight is 311 g/mol. The van der Waals surface area contributed by atoms with Gasteiger partial charge in [-0.15, -0.1) is 0 Å². The lowest BCUT2D eigenvalue weighted by Crippen LogP contribution is -2.00. The van der Waals surface area contributed by atoms with E-state index in [1.807, 2.05) is 0 Å². The molecule has 0 radical (unpaired) electrons. The summed E-state index contributed by atoms with van der Waals surface area (Å²) in [5, 5.41) is 0. The zero-order chi connectivity index (χ0) is 16.4. The first kappa shape index (κ1) is 14.7. The summed E-state index contributed by atoms with van der Waals surface area (Å²) >= 11 is 0. The van der Waals surface area contributed by atoms with Gasteiger partial charge in [0.05, 0.1) is 16.9 Å². The topological polar surface area (TPSA) is 99.9 Å². The Morgan fingerprint density at radius 2 is 1.87 bits per heavy atom. The molecule has 0 aliphatic heterocycles. The van der Waals surface area contributed by atoms with Gasteiger partial charge in [0, 0.05) is 18.0 Å². The third kappa shape index (κ3) is 2.89. The fraction of sp³-hybridized carbons (Fsp3) is 0.0625. The lowest BCUT2D eigenvalue weighted by atomic mass is 10.1. The first-order valence-corrected chi connectivity index (χ1v) is 6.82. The normalized spacial score (nSPS) is 10.5. The summed E-state index contributed by atoms with van der Waals surface area (Å²) in [6, 6.07) is 8.27. The molecule has 6 nitrogen and oxygen atoms in total. The van der Waals surface area contributed by atoms with Crippen LogP contribution in [0.3, 0.4) is 0 Å². The van der Waals surface area contributed by atoms with Gasteiger partial charge in [-0.05, 0) is 37.3 Å². The van der Waals surface area contributed by atoms with Gasteiger partial charge >= 0.3 is 0 Å². The van der Waals surface area contributed by atoms with Gasteiger partial charge in [-0.2, -0.15) is 0 Å². The van der Waals surface area contributed by atoms with Gasteiger partial charge in [0.15, 0.2) is 5.82 Å². The maximum Gasteiger partial charge on any atom is 0.228 e. The third-order valence-electron chi connectivity index (χ3n) is 3.29. The predicted molar refractivity (Wildman–Crippen MR) is 85.3 cm³/mol. The van der Waals surface area contributed by atoms with E-state index in [4.69, 9.17) is 16.2 Å². The van der Waals surface area contributed by atoms with Gasteiger partial charge in [-0.3, -0.25) is 0 Å². The number of halogens is 1. The summed E-state index contributed by atoms with van der Waals surface area (Å²) < 4.78 is 19.7. The van der Waals surface area contributed by atoms with Crippen LogP contribution in [0.2, 0.25) is 0 Å². The van der Waals surface area contributed by atoms with Crippen LogP contribution in [0.15, 0.2) is 42.7 Å². The summed E-state index contributed by atoms with van der Waals surface area (Å²) in [5.74, 6) is 0.259. The van der Waals surface area contributed by atoms with Gasteiger partial charge in [-0.25, -0.2) is 19.3 Å². The number of nitrogens with two attached hydrogens (primary N) is 2. The minimum atomic E-state index is -0.508. The minimum absolute atomic E-state index is 0.0691. The Kier molecular flexibility index (Phi) is 3.76. The summed E-state index contributed by atoms with van der Waals surface area (Å²) in [5.41, 5.74) is 12.7. The summed E-state index contributed by atoms with van der Waals surface area (Å²) in [6.45, 7) is 1.59. The number of anilines is 2. The molecule has 2 heterocycles. The number of aromatic nitrogens is 3. The van der Waals surface area contributed by atoms with Crippen LogP contribution < -0.4 is 16.2 Å². The molecule has 0 unspecified atom stereocenters. The van der Waals surface area contributed by atoms with Crippen LogP contribution >= 0.6 is 0 Å². The molecule has 4 N–H and O–H groups in total. The molecule has 0 saturated heterocycles. The molecule has 0 aliphatic carbocycles. The summed E-state index contributed by atoms with van der Waals surface area (Å²) in [7, 11) is 0. The zero-order valence-corrected chi connectivity index (χ0v) is 12.3. The SMILES string of the molecule is Cc1c(Oc2ncccc2-c2ccnc(N)n2)ccc(N)c1F. The number of nitrogen functional groups attached to an aromatic ring is 2. The van der Waals surface area contributed by atoms with Crippen LogP contribution in [0.1, 0.15) is 5.56 Å². The lowest BCUT2D eigenvalue weighted by Gasteiger charge is -2.12. The van der Waals surface area contributed by atoms with Crippen molar-refractivity contribution in [2.45, 2.75) is 6.92 Å². The molecular weight excluding hydrogens is 297 g/mol. The molecular formula is C16H14FN5O. The van der Waals surface area contributed by atoms with Crippen LogP contribution in [0.5, 0.6) is 11.6 Å². The maximum absolute atomic E-state index is 13.9. The van der Waals surface area contributed by atoms with E-state index in [0.29, 0.717) is 22.6 Å². The van der Waals surface area contributed by atoms with E-state index >= 15 is 0 Å². The Hall–Kier alpha value is -3.22. The molecule has 23 heavy (non-hydrogen) atoms. The van der Waals surface area contributed by atoms with E-state index in [1.54, 1.807) is 43.6 Å². The quantitative estimate of drug-likeness (QED) is 0.721. The lowest BCUT2D eigenvalue weighted by molar-refractivity contribution is 0.455. The van der Waals surface area contributed by atoms with Crippen molar-refractivity contribution in [3.05, 3.63) is 54.1 Å². The van der Waals surface area contributed by atoms with Gasteiger partial charge < -0.3 is 16.2 Å². The van der Waals surface area contributed by atoms with Crippen LogP contribution in [0.25, 0.3) is 11.3 Å². The fourth-order valence-corrected chi connectivity index (χ4v) is 2.09. The van der Waals surface area contributed by atoms with E-state index in [0.717, 1.165) is 0 Å². The monoisotopic (exact) mass is 311 g/mol. The van der Waals surface area contributed by atoms with Crippen molar-refractivity contribution in [3.8, 4) is 22.9 Å². The number of pyridine rings is 1. The first-order valence-electron chi connectivity index (χ1n) is 6.82. The first-order chi connectivity index (χ1) is 11.1. The Balaban J connectivity index is 2.04. The fourth-order valence-electron chi connectivity index (χ4n) is 2.09. The minimum Gasteiger partial charge on any atom is -0.438 e. The number of hydrogen-bond acceptors (Lipinski definition) is 6. The van der Waals surface area contributed by atoms with Crippen molar-refractivity contribution in [1.29, 1.82) is 0 Å². The maximum atomic E-state index is 13.9. The second kappa shape index (κ2) is 5.88. The molecule has 0 saturated carbocycles. The molecule has 0 atom stereocenters. The second-order valence-corrected chi connectivity index (χ2v) is 4.85. The molecule has 3 aromatic rings. The number of ether oxygens (including phenoxy) is 1. The highest BCUT2D eigenvalue weighted by molar-refractivity contribution is 5.66. The molecule has 0 fully saturated rings. The Bertz CT molecular complexity index is 869. The largest absolute Gasteiger partial charge is 0.438 e. The smallest absolute Gasteiger partial charge is 0.228 e. The molecule has 0 spiro atoms. The van der Waals surface area contributed by atoms with Crippen molar-refractivity contribution < 1.29 is 9.13 Å². The van der Waals surface area contributed by atoms with Crippen molar-refractivity contribution in [1.82, 2.24) is 15.0 Å². The van der Waals surface area contributed by atoms with Gasteiger partial charge in [-0.1, -0.05) is 0 Å². The van der Waals surface area contributed by atoms with Crippen molar-refractivity contribution in [2.24, 2.45) is 0 Å². The van der Waals surface area contributed by atoms with Crippen LogP contribution in [-0.4, -0.2) is 15.0 Å². The van der Waals surface area contributed by atoms with Crippen LogP contribution in [0.4, 0.5) is 16.0 Å². The van der Waals surface area contributed by atoms with Gasteiger partial charge in [0.25, 0.3) is 0 Å². The van der Waals surface area contributed by atoms with Crippen molar-refractivity contribution in [2.75, 3.05) is 11.5 Å². The van der Waals surface area contributed by atoms with E-state index in [9.17, 15) is 4.39 Å². The van der Waals surface area contributed by atoms with Crippen molar-refractivity contribution in [3.63, 3.8) is 0 Å². The molecule has 2 aromatic heterocycles. The average Bonchev–Trinajstić information content (AvgIpc) is 2.56. The van der Waals surface area contributed by atoms with Crippen LogP contribution in [-0.2, 0) is 0 Å². The number of nitrogens with zero attached hydrogens (tertiary/aromatic N) is 3. The Morgan fingerprint density at radius 1 is 1.04 bits per heavy atom. The molecule has 116 valence electrons. The third-order valence-corrected chi connectivity index (χ3v) is 3.29. The second-order valence-electron chi connectivity index (χ2n) is 4.85. The summed E-state index contributed by atoms with van der Waals surface area (Å²) in [4.78, 5) is 12.2. The van der Waals surface area contributed by atoms with E-state index in [1.165, 1.54) is 6.07 Å². The van der Waals surface area contributed by atoms with Gasteiger partial charge in [0.2, 0.25) is 11.8 Å². The highest BCUT2D eigenvalue weighted by atomic mass is 19.1. The molecule has 7 heteroatoms. The number of hydrogen-bond donors (Lipinski definition) is 2. The highest BCUT2D eigenvalue weighted by Crippen LogP contribution is 2.33. The highest BCUT2D eigenvalue weighted by Gasteiger charge is 2.14. The molecule has 0 amide bonds. The molecule has 3 rings (SSSR count). The standard InChI is InChI=1S/C16H14FN5O/c1-9-13(5-4-11(18)14(9)17)23-15-10(3-2-7-20-15)12-6-8-21-16(19)22-12/h2-8H,18H2,1H3,(H2,19,21,22). The van der Waals surface area contributed by atoms with E-state index in [2.05, 4.69) is 15.0 Å². The molecule has 1 aromatic carbocycles. The predicted octanol–water partition coefficient (Wildman–Crippen LogP) is 2.94. The van der Waals surface area contributed by atoms with Gasteiger partial charge in [0.1, 0.15) is 5.75 Å². The summed E-state index contributed by atoms with van der Waals surface area (Å²) in [6.07, 6.45) is 3.12. The van der Waals surface area contributed by atoms with E-state index < -0.39 is 5.82 Å². The van der Waals surface area contributed by atoms with Crippen molar-refractivity contribution >= 4 is 11.6 Å². The Morgan fingerprint density at radius 3 is 2.65 bits per heavy atom. The zero-order valence-electron chi connectivity index (χ0n) is 12.3. The number of rotatable bonds is 3. The number of benzene rings is 1. The Labute approximate surface area is 132 Å². The van der Waals surface area contributed by atoms with E-state index in [-0.39, 0.29) is 17.5 Å². The molecule has 0 aliphatic rings.